The van der Waals surface area contributed by atoms with E-state index in [-0.39, 0.29) is 11.9 Å². The van der Waals surface area contributed by atoms with Crippen molar-refractivity contribution in [3.05, 3.63) is 22.4 Å². The van der Waals surface area contributed by atoms with Crippen LogP contribution in [0.4, 0.5) is 0 Å². The maximum atomic E-state index is 12.6. The predicted octanol–water partition coefficient (Wildman–Crippen LogP) is 4.92. The van der Waals surface area contributed by atoms with Crippen LogP contribution in [0.5, 0.6) is 0 Å². The zero-order chi connectivity index (χ0) is 15.4. The summed E-state index contributed by atoms with van der Waals surface area (Å²) in [7, 11) is 0. The van der Waals surface area contributed by atoms with Gasteiger partial charge in [0.05, 0.1) is 0 Å². The third-order valence-corrected chi connectivity index (χ3v) is 5.01. The van der Waals surface area contributed by atoms with Crippen molar-refractivity contribution in [3.8, 4) is 0 Å². The third kappa shape index (κ3) is 4.12. The highest BCUT2D eigenvalue weighted by Crippen LogP contribution is 2.28. The lowest BCUT2D eigenvalue weighted by Crippen LogP contribution is -2.41. The molecule has 2 rings (SSSR count). The summed E-state index contributed by atoms with van der Waals surface area (Å²) in [5, 5.41) is 3.28. The van der Waals surface area contributed by atoms with Crippen molar-refractivity contribution >= 4 is 21.8 Å². The van der Waals surface area contributed by atoms with Gasteiger partial charge in [0.1, 0.15) is 5.69 Å². The van der Waals surface area contributed by atoms with E-state index in [0.717, 1.165) is 16.6 Å². The highest BCUT2D eigenvalue weighted by molar-refractivity contribution is 9.10. The number of carbonyl (C=O) groups excluding carboxylic acids is 1. The van der Waals surface area contributed by atoms with E-state index in [2.05, 4.69) is 42.0 Å². The molecule has 0 spiro atoms. The first kappa shape index (κ1) is 16.6. The van der Waals surface area contributed by atoms with Crippen molar-refractivity contribution in [1.29, 1.82) is 0 Å². The Hall–Kier alpha value is -0.770. The standard InChI is InChI=1S/C17H27BrN2O/c1-4-15(13-8-6-5-7-9-13)19-17(21)16-10-14(18)11-20(16)12(2)3/h10-13,15H,4-9H2,1-3H3,(H,19,21). The van der Waals surface area contributed by atoms with Crippen molar-refractivity contribution in [3.63, 3.8) is 0 Å². The van der Waals surface area contributed by atoms with Gasteiger partial charge in [-0.15, -0.1) is 0 Å². The van der Waals surface area contributed by atoms with Crippen molar-refractivity contribution in [2.75, 3.05) is 0 Å². The van der Waals surface area contributed by atoms with Gasteiger partial charge >= 0.3 is 0 Å². The lowest BCUT2D eigenvalue weighted by molar-refractivity contribution is 0.0900. The summed E-state index contributed by atoms with van der Waals surface area (Å²) in [5.41, 5.74) is 0.756. The molecule has 1 heterocycles. The van der Waals surface area contributed by atoms with Gasteiger partial charge in [-0.25, -0.2) is 0 Å². The van der Waals surface area contributed by atoms with Crippen LogP contribution in [0, 0.1) is 5.92 Å². The summed E-state index contributed by atoms with van der Waals surface area (Å²) in [6.07, 6.45) is 9.49. The van der Waals surface area contributed by atoms with Crippen LogP contribution < -0.4 is 5.32 Å². The van der Waals surface area contributed by atoms with Crippen LogP contribution in [0.2, 0.25) is 0 Å². The monoisotopic (exact) mass is 354 g/mol. The summed E-state index contributed by atoms with van der Waals surface area (Å²) in [6, 6.07) is 2.52. The molecule has 1 fully saturated rings. The van der Waals surface area contributed by atoms with Crippen LogP contribution in [0.1, 0.15) is 75.8 Å². The molecule has 1 aliphatic rings. The molecule has 21 heavy (non-hydrogen) atoms. The zero-order valence-corrected chi connectivity index (χ0v) is 14.9. The van der Waals surface area contributed by atoms with Crippen LogP contribution in [-0.2, 0) is 0 Å². The molecule has 3 nitrogen and oxygen atoms in total. The maximum Gasteiger partial charge on any atom is 0.268 e. The number of nitrogens with one attached hydrogen (secondary N) is 1. The molecule has 118 valence electrons. The second kappa shape index (κ2) is 7.48. The Morgan fingerprint density at radius 2 is 2.05 bits per heavy atom. The minimum absolute atomic E-state index is 0.0619. The Labute approximate surface area is 136 Å². The molecule has 0 bridgehead atoms. The summed E-state index contributed by atoms with van der Waals surface area (Å²) in [6.45, 7) is 6.38. The maximum absolute atomic E-state index is 12.6. The number of aromatic nitrogens is 1. The van der Waals surface area contributed by atoms with Gasteiger partial charge in [0, 0.05) is 22.8 Å². The second-order valence-corrected chi connectivity index (χ2v) is 7.35. The highest BCUT2D eigenvalue weighted by atomic mass is 79.9. The molecular weight excluding hydrogens is 328 g/mol. The Kier molecular flexibility index (Phi) is 5.91. The number of amides is 1. The molecule has 1 aromatic rings. The van der Waals surface area contributed by atoms with E-state index in [1.807, 2.05) is 16.8 Å². The van der Waals surface area contributed by atoms with Gasteiger partial charge in [-0.1, -0.05) is 26.2 Å². The van der Waals surface area contributed by atoms with Gasteiger partial charge in [-0.05, 0) is 61.0 Å². The van der Waals surface area contributed by atoms with Crippen molar-refractivity contribution in [1.82, 2.24) is 9.88 Å². The van der Waals surface area contributed by atoms with Crippen LogP contribution in [0.3, 0.4) is 0 Å². The molecule has 1 atom stereocenters. The molecule has 1 aliphatic carbocycles. The quantitative estimate of drug-likeness (QED) is 0.799. The molecule has 1 saturated carbocycles. The molecule has 1 unspecified atom stereocenters. The minimum atomic E-state index is 0.0619. The number of carbonyl (C=O) groups is 1. The molecule has 1 N–H and O–H groups in total. The van der Waals surface area contributed by atoms with Gasteiger partial charge in [0.15, 0.2) is 0 Å². The van der Waals surface area contributed by atoms with Crippen LogP contribution in [0.25, 0.3) is 0 Å². The molecule has 1 amide bonds. The van der Waals surface area contributed by atoms with Crippen LogP contribution in [-0.4, -0.2) is 16.5 Å². The molecule has 4 heteroatoms. The molecule has 0 radical (unpaired) electrons. The number of nitrogens with zero attached hydrogens (tertiary/aromatic N) is 1. The Bertz CT molecular complexity index is 475. The summed E-state index contributed by atoms with van der Waals surface area (Å²) in [4.78, 5) is 12.6. The highest BCUT2D eigenvalue weighted by Gasteiger charge is 2.25. The van der Waals surface area contributed by atoms with E-state index in [1.165, 1.54) is 32.1 Å². The zero-order valence-electron chi connectivity index (χ0n) is 13.4. The van der Waals surface area contributed by atoms with Crippen molar-refractivity contribution in [2.45, 2.75) is 71.4 Å². The lowest BCUT2D eigenvalue weighted by Gasteiger charge is -2.30. The molecular formula is C17H27BrN2O. The van der Waals surface area contributed by atoms with E-state index >= 15 is 0 Å². The first-order valence-electron chi connectivity index (χ1n) is 8.21. The Morgan fingerprint density at radius 3 is 2.62 bits per heavy atom. The van der Waals surface area contributed by atoms with E-state index in [9.17, 15) is 4.79 Å². The van der Waals surface area contributed by atoms with Crippen molar-refractivity contribution in [2.24, 2.45) is 5.92 Å². The average Bonchev–Trinajstić information content (AvgIpc) is 2.88. The summed E-state index contributed by atoms with van der Waals surface area (Å²) < 4.78 is 3.00. The Morgan fingerprint density at radius 1 is 1.38 bits per heavy atom. The van der Waals surface area contributed by atoms with Gasteiger partial charge < -0.3 is 9.88 Å². The number of rotatable bonds is 5. The van der Waals surface area contributed by atoms with Gasteiger partial charge in [-0.3, -0.25) is 4.79 Å². The SMILES string of the molecule is CCC(NC(=O)c1cc(Br)cn1C(C)C)C1CCCCC1. The van der Waals surface area contributed by atoms with Crippen molar-refractivity contribution < 1.29 is 4.79 Å². The molecule has 0 aromatic carbocycles. The smallest absolute Gasteiger partial charge is 0.268 e. The number of hydrogen-bond acceptors (Lipinski definition) is 1. The molecule has 0 saturated heterocycles. The lowest BCUT2D eigenvalue weighted by atomic mass is 9.83. The Balaban J connectivity index is 2.08. The third-order valence-electron chi connectivity index (χ3n) is 4.58. The average molecular weight is 355 g/mol. The van der Waals surface area contributed by atoms with Gasteiger partial charge in [-0.2, -0.15) is 0 Å². The second-order valence-electron chi connectivity index (χ2n) is 6.43. The van der Waals surface area contributed by atoms with E-state index < -0.39 is 0 Å². The van der Waals surface area contributed by atoms with E-state index in [1.54, 1.807) is 0 Å². The van der Waals surface area contributed by atoms with Crippen LogP contribution in [0.15, 0.2) is 16.7 Å². The number of hydrogen-bond donors (Lipinski definition) is 1. The summed E-state index contributed by atoms with van der Waals surface area (Å²) >= 11 is 3.48. The fraction of sp³-hybridized carbons (Fsp3) is 0.706. The molecule has 1 aromatic heterocycles. The first-order valence-corrected chi connectivity index (χ1v) is 9.00. The first-order chi connectivity index (χ1) is 10.0. The normalized spacial score (nSPS) is 18.0. The topological polar surface area (TPSA) is 34.0 Å². The molecule has 0 aliphatic heterocycles. The van der Waals surface area contributed by atoms with Crippen LogP contribution >= 0.6 is 15.9 Å². The number of halogens is 1. The van der Waals surface area contributed by atoms with E-state index in [0.29, 0.717) is 12.0 Å². The fourth-order valence-corrected chi connectivity index (χ4v) is 3.82. The van der Waals surface area contributed by atoms with Gasteiger partial charge in [0.25, 0.3) is 5.91 Å². The fourth-order valence-electron chi connectivity index (χ4n) is 3.39. The largest absolute Gasteiger partial charge is 0.348 e. The minimum Gasteiger partial charge on any atom is -0.348 e. The van der Waals surface area contributed by atoms with E-state index in [4.69, 9.17) is 0 Å². The van der Waals surface area contributed by atoms with Gasteiger partial charge in [0.2, 0.25) is 0 Å². The predicted molar refractivity (Wildman–Crippen MR) is 90.6 cm³/mol. The summed E-state index contributed by atoms with van der Waals surface area (Å²) in [5.74, 6) is 0.713.